The first-order valence-electron chi connectivity index (χ1n) is 12.1. The molecule has 3 aromatic rings. The van der Waals surface area contributed by atoms with Gasteiger partial charge in [0.05, 0.1) is 4.90 Å². The smallest absolute Gasteiger partial charge is 0.262 e. The number of fused-ring (bicyclic) bond motifs is 1. The zero-order chi connectivity index (χ0) is 26.9. The van der Waals surface area contributed by atoms with Crippen LogP contribution in [0.1, 0.15) is 27.6 Å². The number of allylic oxidation sites excluding steroid dienone is 2. The van der Waals surface area contributed by atoms with Crippen molar-refractivity contribution in [3.63, 3.8) is 0 Å². The molecule has 0 radical (unpaired) electrons. The molecule has 3 aromatic carbocycles. The number of sulfonamides is 1. The molecule has 10 heteroatoms. The lowest BCUT2D eigenvalue weighted by molar-refractivity contribution is -0.114. The van der Waals surface area contributed by atoms with E-state index in [-0.39, 0.29) is 33.3 Å². The van der Waals surface area contributed by atoms with Gasteiger partial charge in [0.25, 0.3) is 10.0 Å². The molecular formula is C28H26N4O5S. The summed E-state index contributed by atoms with van der Waals surface area (Å²) in [5.41, 5.74) is 1.70. The number of hydrogen-bond acceptors (Lipinski definition) is 7. The Labute approximate surface area is 220 Å². The van der Waals surface area contributed by atoms with Crippen molar-refractivity contribution in [3.05, 3.63) is 101 Å². The van der Waals surface area contributed by atoms with Gasteiger partial charge in [0, 0.05) is 55.6 Å². The minimum absolute atomic E-state index is 0.0554. The Morgan fingerprint density at radius 3 is 1.89 bits per heavy atom. The molecule has 2 N–H and O–H groups in total. The fraction of sp³-hybridized carbons (Fsp3) is 0.179. The van der Waals surface area contributed by atoms with Crippen LogP contribution in [0.2, 0.25) is 0 Å². The van der Waals surface area contributed by atoms with Gasteiger partial charge >= 0.3 is 0 Å². The highest BCUT2D eigenvalue weighted by atomic mass is 32.2. The summed E-state index contributed by atoms with van der Waals surface area (Å²) in [4.78, 5) is 42.4. The molecule has 0 bridgehead atoms. The van der Waals surface area contributed by atoms with Gasteiger partial charge in [0.15, 0.2) is 0 Å². The van der Waals surface area contributed by atoms with Crippen LogP contribution in [0.3, 0.4) is 0 Å². The van der Waals surface area contributed by atoms with Crippen LogP contribution in [-0.4, -0.2) is 57.0 Å². The van der Waals surface area contributed by atoms with E-state index in [1.807, 2.05) is 30.3 Å². The van der Waals surface area contributed by atoms with Gasteiger partial charge in [-0.05, 0) is 36.4 Å². The van der Waals surface area contributed by atoms with E-state index in [1.54, 1.807) is 23.1 Å². The average molecular weight is 531 g/mol. The summed E-state index contributed by atoms with van der Waals surface area (Å²) in [7, 11) is -4.22. The normalized spacial score (nSPS) is 15.8. The van der Waals surface area contributed by atoms with Crippen LogP contribution < -0.4 is 14.9 Å². The van der Waals surface area contributed by atoms with Gasteiger partial charge in [-0.3, -0.25) is 19.1 Å². The number of benzene rings is 3. The van der Waals surface area contributed by atoms with Crippen molar-refractivity contribution in [2.45, 2.75) is 11.8 Å². The topological polar surface area (TPSA) is 116 Å². The van der Waals surface area contributed by atoms with Crippen molar-refractivity contribution in [2.75, 3.05) is 36.4 Å². The van der Waals surface area contributed by atoms with Crippen LogP contribution in [0.5, 0.6) is 0 Å². The van der Waals surface area contributed by atoms with Crippen molar-refractivity contribution in [1.29, 1.82) is 0 Å². The van der Waals surface area contributed by atoms with Gasteiger partial charge in [-0.1, -0.05) is 42.5 Å². The number of nitrogens with zero attached hydrogens (tertiary/aromatic N) is 2. The van der Waals surface area contributed by atoms with Crippen LogP contribution in [0.15, 0.2) is 95.2 Å². The highest BCUT2D eigenvalue weighted by Gasteiger charge is 2.38. The Morgan fingerprint density at radius 2 is 1.29 bits per heavy atom. The van der Waals surface area contributed by atoms with Crippen molar-refractivity contribution in [1.82, 2.24) is 9.62 Å². The maximum atomic E-state index is 13.7. The summed E-state index contributed by atoms with van der Waals surface area (Å²) in [6.07, 6.45) is 0. The second kappa shape index (κ2) is 10.1. The summed E-state index contributed by atoms with van der Waals surface area (Å²) in [5, 5.41) is 2.58. The molecule has 0 unspecified atom stereocenters. The van der Waals surface area contributed by atoms with Crippen molar-refractivity contribution >= 4 is 38.9 Å². The summed E-state index contributed by atoms with van der Waals surface area (Å²) in [6, 6.07) is 21.9. The molecule has 2 aliphatic rings. The van der Waals surface area contributed by atoms with Crippen LogP contribution in [-0.2, 0) is 14.8 Å². The molecule has 1 amide bonds. The first-order chi connectivity index (χ1) is 18.2. The number of carbonyl (C=O) groups excluding carboxylic acids is 3. The van der Waals surface area contributed by atoms with Gasteiger partial charge in [-0.15, -0.1) is 0 Å². The molecule has 5 rings (SSSR count). The SMILES string of the molecule is CC(=O)Nc1ccc(S(=O)(=O)NC2=C(N3CCN(c4ccccc4)CC3)C(=O)c3ccccc3C2=O)cc1. The number of amides is 1. The number of Topliss-reactive ketones (excluding diaryl/α,β-unsaturated/α-hetero) is 2. The van der Waals surface area contributed by atoms with E-state index in [4.69, 9.17) is 0 Å². The quantitative estimate of drug-likeness (QED) is 0.503. The van der Waals surface area contributed by atoms with E-state index < -0.39 is 21.6 Å². The average Bonchev–Trinajstić information content (AvgIpc) is 2.92. The maximum Gasteiger partial charge on any atom is 0.262 e. The number of piperazine rings is 1. The largest absolute Gasteiger partial charge is 0.368 e. The first-order valence-corrected chi connectivity index (χ1v) is 13.6. The second-order valence-electron chi connectivity index (χ2n) is 9.05. The zero-order valence-electron chi connectivity index (χ0n) is 20.7. The maximum absolute atomic E-state index is 13.7. The summed E-state index contributed by atoms with van der Waals surface area (Å²) < 4.78 is 29.1. The molecule has 1 aliphatic carbocycles. The van der Waals surface area contributed by atoms with E-state index in [0.717, 1.165) is 5.69 Å². The Bertz CT molecular complexity index is 1540. The molecule has 0 aromatic heterocycles. The molecule has 1 saturated heterocycles. The number of nitrogens with one attached hydrogen (secondary N) is 2. The van der Waals surface area contributed by atoms with Crippen molar-refractivity contribution in [2.24, 2.45) is 0 Å². The number of ketones is 2. The molecule has 0 atom stereocenters. The fourth-order valence-electron chi connectivity index (χ4n) is 4.70. The second-order valence-corrected chi connectivity index (χ2v) is 10.7. The number of hydrogen-bond donors (Lipinski definition) is 2. The van der Waals surface area contributed by atoms with Gasteiger partial charge in [-0.2, -0.15) is 0 Å². The lowest BCUT2D eigenvalue weighted by atomic mass is 9.89. The summed E-state index contributed by atoms with van der Waals surface area (Å²) in [5.74, 6) is -1.24. The first kappa shape index (κ1) is 25.2. The zero-order valence-corrected chi connectivity index (χ0v) is 21.5. The van der Waals surface area contributed by atoms with E-state index >= 15 is 0 Å². The number of rotatable bonds is 6. The molecule has 0 saturated carbocycles. The van der Waals surface area contributed by atoms with Crippen LogP contribution in [0, 0.1) is 0 Å². The highest BCUT2D eigenvalue weighted by molar-refractivity contribution is 7.89. The number of para-hydroxylation sites is 1. The predicted molar refractivity (Wildman–Crippen MR) is 143 cm³/mol. The van der Waals surface area contributed by atoms with Gasteiger partial charge < -0.3 is 15.1 Å². The van der Waals surface area contributed by atoms with Gasteiger partial charge in [0.2, 0.25) is 17.5 Å². The molecule has 9 nitrogen and oxygen atoms in total. The Morgan fingerprint density at radius 1 is 0.737 bits per heavy atom. The molecule has 1 heterocycles. The van der Waals surface area contributed by atoms with E-state index in [9.17, 15) is 22.8 Å². The molecular weight excluding hydrogens is 504 g/mol. The number of carbonyl (C=O) groups is 3. The molecule has 1 fully saturated rings. The van der Waals surface area contributed by atoms with Crippen molar-refractivity contribution < 1.29 is 22.8 Å². The lowest BCUT2D eigenvalue weighted by Gasteiger charge is -2.39. The Hall–Kier alpha value is -4.44. The lowest BCUT2D eigenvalue weighted by Crippen LogP contribution is -2.49. The van der Waals surface area contributed by atoms with Crippen LogP contribution in [0.25, 0.3) is 0 Å². The van der Waals surface area contributed by atoms with Gasteiger partial charge in [-0.25, -0.2) is 8.42 Å². The fourth-order valence-corrected chi connectivity index (χ4v) is 5.77. The van der Waals surface area contributed by atoms with E-state index in [2.05, 4.69) is 14.9 Å². The summed E-state index contributed by atoms with van der Waals surface area (Å²) in [6.45, 7) is 3.41. The minimum Gasteiger partial charge on any atom is -0.368 e. The van der Waals surface area contributed by atoms with Crippen LogP contribution in [0.4, 0.5) is 11.4 Å². The Kier molecular flexibility index (Phi) is 6.73. The predicted octanol–water partition coefficient (Wildman–Crippen LogP) is 3.04. The highest BCUT2D eigenvalue weighted by Crippen LogP contribution is 2.30. The molecule has 38 heavy (non-hydrogen) atoms. The molecule has 194 valence electrons. The van der Waals surface area contributed by atoms with Crippen molar-refractivity contribution in [3.8, 4) is 0 Å². The van der Waals surface area contributed by atoms with E-state index in [1.165, 1.54) is 37.3 Å². The summed E-state index contributed by atoms with van der Waals surface area (Å²) >= 11 is 0. The van der Waals surface area contributed by atoms with E-state index in [0.29, 0.717) is 31.9 Å². The third-order valence-corrected chi connectivity index (χ3v) is 7.90. The third-order valence-electron chi connectivity index (χ3n) is 6.53. The molecule has 1 aliphatic heterocycles. The monoisotopic (exact) mass is 530 g/mol. The molecule has 0 spiro atoms. The van der Waals surface area contributed by atoms with Crippen LogP contribution >= 0.6 is 0 Å². The standard InChI is InChI=1S/C28H26N4O5S/c1-19(33)29-20-11-13-22(14-12-20)38(36,37)30-25-26(28(35)24-10-6-5-9-23(24)27(25)34)32-17-15-31(16-18-32)21-7-3-2-4-8-21/h2-14,30H,15-18H2,1H3,(H,29,33). The Balaban J connectivity index is 1.48. The minimum atomic E-state index is -4.22. The third kappa shape index (κ3) is 4.90. The number of anilines is 2. The van der Waals surface area contributed by atoms with Gasteiger partial charge in [0.1, 0.15) is 11.4 Å².